The molecule has 110 valence electrons. The Morgan fingerprint density at radius 3 is 2.43 bits per heavy atom. The molecular weight excluding hydrogens is 284 g/mol. The molecule has 0 radical (unpaired) electrons. The fraction of sp³-hybridized carbons (Fsp3) is 0.312. The van der Waals surface area contributed by atoms with Crippen LogP contribution in [-0.4, -0.2) is 19.4 Å². The van der Waals surface area contributed by atoms with E-state index in [0.717, 1.165) is 24.0 Å². The SMILES string of the molecule is Cc1ccc(CS(=O)(=O)N(c2ccccn2)C2CC2)cc1. The summed E-state index contributed by atoms with van der Waals surface area (Å²) in [4.78, 5) is 4.21. The van der Waals surface area contributed by atoms with Gasteiger partial charge in [-0.05, 0) is 37.5 Å². The maximum absolute atomic E-state index is 12.8. The molecule has 2 aromatic rings. The van der Waals surface area contributed by atoms with E-state index < -0.39 is 10.0 Å². The molecule has 0 amide bonds. The van der Waals surface area contributed by atoms with Crippen LogP contribution in [0.2, 0.25) is 0 Å². The Hall–Kier alpha value is -1.88. The minimum Gasteiger partial charge on any atom is -0.250 e. The van der Waals surface area contributed by atoms with Gasteiger partial charge < -0.3 is 0 Å². The summed E-state index contributed by atoms with van der Waals surface area (Å²) < 4.78 is 27.0. The van der Waals surface area contributed by atoms with Crippen molar-refractivity contribution < 1.29 is 8.42 Å². The highest BCUT2D eigenvalue weighted by atomic mass is 32.2. The number of benzene rings is 1. The number of pyridine rings is 1. The van der Waals surface area contributed by atoms with Crippen LogP contribution in [0, 0.1) is 6.92 Å². The van der Waals surface area contributed by atoms with Crippen LogP contribution in [0.1, 0.15) is 24.0 Å². The van der Waals surface area contributed by atoms with Gasteiger partial charge in [0, 0.05) is 12.2 Å². The van der Waals surface area contributed by atoms with Crippen molar-refractivity contribution in [1.29, 1.82) is 0 Å². The highest BCUT2D eigenvalue weighted by molar-refractivity contribution is 7.92. The van der Waals surface area contributed by atoms with Crippen molar-refractivity contribution in [3.05, 3.63) is 59.8 Å². The number of rotatable bonds is 5. The zero-order valence-corrected chi connectivity index (χ0v) is 12.8. The fourth-order valence-corrected chi connectivity index (χ4v) is 4.13. The largest absolute Gasteiger partial charge is 0.250 e. The highest BCUT2D eigenvalue weighted by Gasteiger charge is 2.38. The first-order valence-corrected chi connectivity index (χ1v) is 8.66. The number of aryl methyl sites for hydroxylation is 1. The van der Waals surface area contributed by atoms with E-state index in [1.807, 2.05) is 37.3 Å². The van der Waals surface area contributed by atoms with Gasteiger partial charge in [-0.25, -0.2) is 13.4 Å². The normalized spacial score (nSPS) is 14.9. The van der Waals surface area contributed by atoms with E-state index in [4.69, 9.17) is 0 Å². The van der Waals surface area contributed by atoms with E-state index in [-0.39, 0.29) is 11.8 Å². The van der Waals surface area contributed by atoms with Gasteiger partial charge in [-0.3, -0.25) is 4.31 Å². The second-order valence-corrected chi connectivity index (χ2v) is 7.30. The fourth-order valence-electron chi connectivity index (χ4n) is 2.31. The number of aromatic nitrogens is 1. The number of hydrogen-bond acceptors (Lipinski definition) is 3. The third-order valence-electron chi connectivity index (χ3n) is 3.52. The van der Waals surface area contributed by atoms with Crippen LogP contribution in [0.25, 0.3) is 0 Å². The minimum absolute atomic E-state index is 0.0142. The Kier molecular flexibility index (Phi) is 3.68. The van der Waals surface area contributed by atoms with Gasteiger partial charge in [0.2, 0.25) is 10.0 Å². The maximum Gasteiger partial charge on any atom is 0.240 e. The van der Waals surface area contributed by atoms with E-state index in [2.05, 4.69) is 4.98 Å². The van der Waals surface area contributed by atoms with Gasteiger partial charge in [0.15, 0.2) is 0 Å². The van der Waals surface area contributed by atoms with Crippen LogP contribution in [0.4, 0.5) is 5.82 Å². The Morgan fingerprint density at radius 1 is 1.14 bits per heavy atom. The van der Waals surface area contributed by atoms with Crippen LogP contribution >= 0.6 is 0 Å². The molecule has 1 heterocycles. The first-order valence-electron chi connectivity index (χ1n) is 7.05. The lowest BCUT2D eigenvalue weighted by molar-refractivity contribution is 0.589. The summed E-state index contributed by atoms with van der Waals surface area (Å²) in [6, 6.07) is 13.0. The summed E-state index contributed by atoms with van der Waals surface area (Å²) in [6.45, 7) is 1.99. The maximum atomic E-state index is 12.8. The molecule has 5 heteroatoms. The Labute approximate surface area is 125 Å². The molecule has 21 heavy (non-hydrogen) atoms. The van der Waals surface area contributed by atoms with Crippen LogP contribution < -0.4 is 4.31 Å². The lowest BCUT2D eigenvalue weighted by Gasteiger charge is -2.23. The summed E-state index contributed by atoms with van der Waals surface area (Å²) in [7, 11) is -3.41. The van der Waals surface area contributed by atoms with Gasteiger partial charge >= 0.3 is 0 Å². The van der Waals surface area contributed by atoms with E-state index >= 15 is 0 Å². The standard InChI is InChI=1S/C16H18N2O2S/c1-13-5-7-14(8-6-13)12-21(19,20)18(15-9-10-15)16-4-2-3-11-17-16/h2-8,11,15H,9-10,12H2,1H3. The molecular formula is C16H18N2O2S. The molecule has 1 aromatic carbocycles. The van der Waals surface area contributed by atoms with Gasteiger partial charge in [0.1, 0.15) is 5.82 Å². The molecule has 0 bridgehead atoms. The van der Waals surface area contributed by atoms with Crippen LogP contribution in [0.15, 0.2) is 48.7 Å². The second kappa shape index (κ2) is 5.48. The smallest absolute Gasteiger partial charge is 0.240 e. The molecule has 0 unspecified atom stereocenters. The monoisotopic (exact) mass is 302 g/mol. The van der Waals surface area contributed by atoms with E-state index in [9.17, 15) is 8.42 Å². The lowest BCUT2D eigenvalue weighted by Crippen LogP contribution is -2.34. The van der Waals surface area contributed by atoms with Gasteiger partial charge in [-0.15, -0.1) is 0 Å². The Morgan fingerprint density at radius 2 is 1.86 bits per heavy atom. The van der Waals surface area contributed by atoms with E-state index in [1.165, 1.54) is 4.31 Å². The van der Waals surface area contributed by atoms with E-state index in [1.54, 1.807) is 18.3 Å². The van der Waals surface area contributed by atoms with Crippen LogP contribution in [0.3, 0.4) is 0 Å². The average molecular weight is 302 g/mol. The predicted octanol–water partition coefficient (Wildman–Crippen LogP) is 2.89. The van der Waals surface area contributed by atoms with E-state index in [0.29, 0.717) is 5.82 Å². The van der Waals surface area contributed by atoms with Gasteiger partial charge in [-0.2, -0.15) is 0 Å². The Bertz CT molecular complexity index is 708. The molecule has 0 aliphatic heterocycles. The molecule has 0 saturated heterocycles. The third-order valence-corrected chi connectivity index (χ3v) is 5.31. The molecule has 1 fully saturated rings. The molecule has 0 N–H and O–H groups in total. The van der Waals surface area contributed by atoms with Gasteiger partial charge in [0.25, 0.3) is 0 Å². The summed E-state index contributed by atoms with van der Waals surface area (Å²) >= 11 is 0. The quantitative estimate of drug-likeness (QED) is 0.853. The average Bonchev–Trinajstić information content (AvgIpc) is 3.27. The van der Waals surface area contributed by atoms with Crippen molar-refractivity contribution in [3.63, 3.8) is 0 Å². The van der Waals surface area contributed by atoms with Crippen LogP contribution in [-0.2, 0) is 15.8 Å². The van der Waals surface area contributed by atoms with Crippen molar-refractivity contribution in [3.8, 4) is 0 Å². The Balaban J connectivity index is 1.89. The molecule has 1 saturated carbocycles. The molecule has 0 atom stereocenters. The second-order valence-electron chi connectivity index (χ2n) is 5.46. The summed E-state index contributed by atoms with van der Waals surface area (Å²) in [5.74, 6) is 0.535. The molecule has 1 aromatic heterocycles. The van der Waals surface area contributed by atoms with Gasteiger partial charge in [-0.1, -0.05) is 35.9 Å². The first kappa shape index (κ1) is 14.1. The highest BCUT2D eigenvalue weighted by Crippen LogP contribution is 2.34. The van der Waals surface area contributed by atoms with Crippen LogP contribution in [0.5, 0.6) is 0 Å². The van der Waals surface area contributed by atoms with Crippen molar-refractivity contribution in [2.45, 2.75) is 31.6 Å². The predicted molar refractivity (Wildman–Crippen MR) is 83.5 cm³/mol. The minimum atomic E-state index is -3.41. The summed E-state index contributed by atoms with van der Waals surface area (Å²) in [5.41, 5.74) is 1.93. The summed E-state index contributed by atoms with van der Waals surface area (Å²) in [5, 5.41) is 0. The van der Waals surface area contributed by atoms with Crippen molar-refractivity contribution in [2.75, 3.05) is 4.31 Å². The third kappa shape index (κ3) is 3.24. The first-order chi connectivity index (χ1) is 10.1. The molecule has 4 nitrogen and oxygen atoms in total. The lowest BCUT2D eigenvalue weighted by atomic mass is 10.2. The van der Waals surface area contributed by atoms with Gasteiger partial charge in [0.05, 0.1) is 5.75 Å². The molecule has 0 spiro atoms. The molecule has 1 aliphatic carbocycles. The number of hydrogen-bond donors (Lipinski definition) is 0. The number of anilines is 1. The molecule has 3 rings (SSSR count). The van der Waals surface area contributed by atoms with Crippen molar-refractivity contribution in [1.82, 2.24) is 4.98 Å². The topological polar surface area (TPSA) is 50.3 Å². The zero-order valence-electron chi connectivity index (χ0n) is 11.9. The number of sulfonamides is 1. The van der Waals surface area contributed by atoms with Crippen molar-refractivity contribution >= 4 is 15.8 Å². The molecule has 1 aliphatic rings. The van der Waals surface area contributed by atoms with Crippen molar-refractivity contribution in [2.24, 2.45) is 0 Å². The summed E-state index contributed by atoms with van der Waals surface area (Å²) in [6.07, 6.45) is 3.44. The zero-order chi connectivity index (χ0) is 14.9. The number of nitrogens with zero attached hydrogens (tertiary/aromatic N) is 2.